The van der Waals surface area contributed by atoms with E-state index in [1.165, 1.54) is 0 Å². The van der Waals surface area contributed by atoms with Crippen molar-refractivity contribution in [1.29, 1.82) is 0 Å². The number of terminal acetylenes is 1. The number of carbonyl (C=O) groups is 1. The number of nitrogens with zero attached hydrogens (tertiary/aromatic N) is 5. The maximum absolute atomic E-state index is 12.9. The SMILES string of the molecule is C#CCN(C(=O)C(F)(F)F)c1cnc(N(CC)CC)nc1N=CCCC. The van der Waals surface area contributed by atoms with Gasteiger partial charge in [0.1, 0.15) is 5.69 Å². The lowest BCUT2D eigenvalue weighted by atomic mass is 10.3. The van der Waals surface area contributed by atoms with Gasteiger partial charge in [-0.15, -0.1) is 6.42 Å². The molecule has 0 aliphatic heterocycles. The van der Waals surface area contributed by atoms with Crippen molar-refractivity contribution in [2.45, 2.75) is 39.8 Å². The fourth-order valence-electron chi connectivity index (χ4n) is 2.09. The lowest BCUT2D eigenvalue weighted by Gasteiger charge is -2.24. The predicted octanol–water partition coefficient (Wildman–Crippen LogP) is 3.35. The van der Waals surface area contributed by atoms with Gasteiger partial charge in [0.2, 0.25) is 5.95 Å². The van der Waals surface area contributed by atoms with Gasteiger partial charge in [0.15, 0.2) is 5.82 Å². The van der Waals surface area contributed by atoms with Gasteiger partial charge in [-0.2, -0.15) is 18.2 Å². The maximum atomic E-state index is 12.9. The van der Waals surface area contributed by atoms with Crippen LogP contribution in [0.1, 0.15) is 33.6 Å². The maximum Gasteiger partial charge on any atom is 0.471 e. The van der Waals surface area contributed by atoms with E-state index in [2.05, 4.69) is 20.9 Å². The molecule has 0 aromatic carbocycles. The molecule has 1 aromatic rings. The van der Waals surface area contributed by atoms with Crippen molar-refractivity contribution in [3.63, 3.8) is 0 Å². The van der Waals surface area contributed by atoms with Crippen molar-refractivity contribution in [2.75, 3.05) is 29.4 Å². The third-order valence-electron chi connectivity index (χ3n) is 3.44. The second kappa shape index (κ2) is 9.75. The van der Waals surface area contributed by atoms with Crippen LogP contribution in [0.3, 0.4) is 0 Å². The van der Waals surface area contributed by atoms with E-state index in [9.17, 15) is 18.0 Å². The lowest BCUT2D eigenvalue weighted by Crippen LogP contribution is -2.41. The molecule has 9 heteroatoms. The van der Waals surface area contributed by atoms with Gasteiger partial charge >= 0.3 is 12.1 Å². The third-order valence-corrected chi connectivity index (χ3v) is 3.44. The molecular formula is C17H22F3N5O. The Morgan fingerprint density at radius 3 is 2.50 bits per heavy atom. The summed E-state index contributed by atoms with van der Waals surface area (Å²) in [4.78, 5) is 26.5. The highest BCUT2D eigenvalue weighted by atomic mass is 19.4. The van der Waals surface area contributed by atoms with Crippen molar-refractivity contribution < 1.29 is 18.0 Å². The molecule has 1 rings (SSSR count). The first-order valence-corrected chi connectivity index (χ1v) is 8.26. The van der Waals surface area contributed by atoms with E-state index in [4.69, 9.17) is 6.42 Å². The van der Waals surface area contributed by atoms with Gasteiger partial charge in [-0.05, 0) is 20.3 Å². The summed E-state index contributed by atoms with van der Waals surface area (Å²) < 4.78 is 38.7. The number of halogens is 3. The largest absolute Gasteiger partial charge is 0.471 e. The van der Waals surface area contributed by atoms with E-state index < -0.39 is 18.6 Å². The summed E-state index contributed by atoms with van der Waals surface area (Å²) in [5.74, 6) is 0.276. The standard InChI is InChI=1S/C17H22F3N5O/c1-5-9-10-21-14-13(12-22-16(23-14)24(7-3)8-4)25(11-6-2)15(26)17(18,19)20/h2,10,12H,5,7-9,11H2,1,3-4H3. The van der Waals surface area contributed by atoms with E-state index in [0.717, 1.165) is 12.6 Å². The number of unbranched alkanes of at least 4 members (excludes halogenated alkanes) is 1. The predicted molar refractivity (Wildman–Crippen MR) is 95.9 cm³/mol. The van der Waals surface area contributed by atoms with Crippen LogP contribution < -0.4 is 9.80 Å². The summed E-state index contributed by atoms with van der Waals surface area (Å²) in [6, 6.07) is 0. The number of hydrogen-bond acceptors (Lipinski definition) is 5. The number of aliphatic imine (C=N–C) groups is 1. The molecule has 0 N–H and O–H groups in total. The summed E-state index contributed by atoms with van der Waals surface area (Å²) in [7, 11) is 0. The van der Waals surface area contributed by atoms with Gasteiger partial charge in [0.25, 0.3) is 0 Å². The topological polar surface area (TPSA) is 61.7 Å². The minimum absolute atomic E-state index is 0.0248. The van der Waals surface area contributed by atoms with Crippen molar-refractivity contribution in [2.24, 2.45) is 4.99 Å². The lowest BCUT2D eigenvalue weighted by molar-refractivity contribution is -0.170. The Hall–Kier alpha value is -2.63. The Morgan fingerprint density at radius 1 is 1.35 bits per heavy atom. The van der Waals surface area contributed by atoms with E-state index in [0.29, 0.717) is 30.4 Å². The van der Waals surface area contributed by atoms with Crippen molar-refractivity contribution in [3.8, 4) is 12.3 Å². The summed E-state index contributed by atoms with van der Waals surface area (Å²) in [6.07, 6.45) is 4.20. The van der Waals surface area contributed by atoms with Crippen LogP contribution in [0.2, 0.25) is 0 Å². The number of alkyl halides is 3. The van der Waals surface area contributed by atoms with E-state index in [1.54, 1.807) is 6.21 Å². The first-order valence-electron chi connectivity index (χ1n) is 8.26. The number of aromatic nitrogens is 2. The molecule has 0 aliphatic rings. The molecule has 1 amide bonds. The molecule has 1 heterocycles. The van der Waals surface area contributed by atoms with Crippen LogP contribution in [0.5, 0.6) is 0 Å². The van der Waals surface area contributed by atoms with Gasteiger partial charge in [0.05, 0.1) is 12.7 Å². The zero-order valence-electron chi connectivity index (χ0n) is 15.0. The molecule has 6 nitrogen and oxygen atoms in total. The van der Waals surface area contributed by atoms with Crippen LogP contribution in [0.4, 0.5) is 30.6 Å². The van der Waals surface area contributed by atoms with E-state index in [-0.39, 0.29) is 11.5 Å². The highest BCUT2D eigenvalue weighted by molar-refractivity contribution is 5.99. The van der Waals surface area contributed by atoms with Gasteiger partial charge in [-0.25, -0.2) is 9.98 Å². The molecule has 142 valence electrons. The highest BCUT2D eigenvalue weighted by Gasteiger charge is 2.43. The summed E-state index contributed by atoms with van der Waals surface area (Å²) in [5.41, 5.74) is -0.173. The van der Waals surface area contributed by atoms with Gasteiger partial charge in [-0.1, -0.05) is 19.3 Å². The number of amides is 1. The second-order valence-electron chi connectivity index (χ2n) is 5.24. The Labute approximate surface area is 151 Å². The molecular weight excluding hydrogens is 347 g/mol. The molecule has 0 fully saturated rings. The Balaban J connectivity index is 3.45. The van der Waals surface area contributed by atoms with Crippen LogP contribution in [-0.2, 0) is 4.79 Å². The number of rotatable bonds is 8. The zero-order valence-corrected chi connectivity index (χ0v) is 15.0. The minimum Gasteiger partial charge on any atom is -0.341 e. The van der Waals surface area contributed by atoms with Crippen molar-refractivity contribution in [3.05, 3.63) is 6.20 Å². The first kappa shape index (κ1) is 21.4. The summed E-state index contributed by atoms with van der Waals surface area (Å²) in [6.45, 7) is 6.40. The van der Waals surface area contributed by atoms with Crippen LogP contribution in [0.15, 0.2) is 11.2 Å². The normalized spacial score (nSPS) is 11.4. The molecule has 0 aliphatic carbocycles. The highest BCUT2D eigenvalue weighted by Crippen LogP contribution is 2.31. The average Bonchev–Trinajstić information content (AvgIpc) is 2.60. The van der Waals surface area contributed by atoms with Crippen LogP contribution in [0.25, 0.3) is 0 Å². The summed E-state index contributed by atoms with van der Waals surface area (Å²) in [5, 5.41) is 0. The number of carbonyl (C=O) groups excluding carboxylic acids is 1. The van der Waals surface area contributed by atoms with Crippen LogP contribution >= 0.6 is 0 Å². The molecule has 0 atom stereocenters. The quantitative estimate of drug-likeness (QED) is 0.521. The van der Waals surface area contributed by atoms with E-state index >= 15 is 0 Å². The summed E-state index contributed by atoms with van der Waals surface area (Å²) >= 11 is 0. The molecule has 26 heavy (non-hydrogen) atoms. The minimum atomic E-state index is -5.07. The fourth-order valence-corrected chi connectivity index (χ4v) is 2.09. The van der Waals surface area contributed by atoms with E-state index in [1.807, 2.05) is 25.7 Å². The number of hydrogen-bond donors (Lipinski definition) is 0. The Bertz CT molecular complexity index is 678. The smallest absolute Gasteiger partial charge is 0.341 e. The Kier molecular flexibility index (Phi) is 8.03. The molecule has 0 radical (unpaired) electrons. The molecule has 0 spiro atoms. The monoisotopic (exact) mass is 369 g/mol. The van der Waals surface area contributed by atoms with Crippen LogP contribution in [-0.4, -0.2) is 47.9 Å². The second-order valence-corrected chi connectivity index (χ2v) is 5.24. The van der Waals surface area contributed by atoms with Crippen molar-refractivity contribution >= 4 is 29.6 Å². The number of anilines is 2. The van der Waals surface area contributed by atoms with Gasteiger partial charge < -0.3 is 4.90 Å². The van der Waals surface area contributed by atoms with Crippen molar-refractivity contribution in [1.82, 2.24) is 9.97 Å². The zero-order chi connectivity index (χ0) is 19.7. The molecule has 0 unspecified atom stereocenters. The third kappa shape index (κ3) is 5.44. The molecule has 1 aromatic heterocycles. The molecule has 0 saturated heterocycles. The van der Waals surface area contributed by atoms with Gasteiger partial charge in [-0.3, -0.25) is 9.69 Å². The van der Waals surface area contributed by atoms with Gasteiger partial charge in [0, 0.05) is 19.3 Å². The Morgan fingerprint density at radius 2 is 2.00 bits per heavy atom. The fraction of sp³-hybridized carbons (Fsp3) is 0.529. The molecule has 0 saturated carbocycles. The molecule has 0 bridgehead atoms. The van der Waals surface area contributed by atoms with Crippen LogP contribution in [0, 0.1) is 12.3 Å². The average molecular weight is 369 g/mol. The first-order chi connectivity index (χ1) is 12.3.